The zero-order chi connectivity index (χ0) is 16.0. The van der Waals surface area contributed by atoms with E-state index in [-0.39, 0.29) is 17.1 Å². The Labute approximate surface area is 129 Å². The van der Waals surface area contributed by atoms with Gasteiger partial charge in [-0.15, -0.1) is 6.58 Å². The van der Waals surface area contributed by atoms with E-state index < -0.39 is 16.0 Å². The van der Waals surface area contributed by atoms with E-state index in [1.807, 2.05) is 6.07 Å². The first kappa shape index (κ1) is 15.8. The topological polar surface area (TPSA) is 72.5 Å². The molecule has 1 amide bonds. The fourth-order valence-corrected chi connectivity index (χ4v) is 2.54. The molecule has 22 heavy (non-hydrogen) atoms. The molecule has 0 unspecified atom stereocenters. The SMILES string of the molecule is C=CCS(=O)(=O)Oc1ccccc1C(=O)Nc1ccccc1. The fraction of sp³-hybridized carbons (Fsp3) is 0.0625. The van der Waals surface area contributed by atoms with Gasteiger partial charge in [-0.05, 0) is 24.3 Å². The lowest BCUT2D eigenvalue weighted by atomic mass is 10.2. The number of carbonyl (C=O) groups excluding carboxylic acids is 1. The van der Waals surface area contributed by atoms with Crippen LogP contribution in [0.2, 0.25) is 0 Å². The van der Waals surface area contributed by atoms with Crippen LogP contribution in [0.1, 0.15) is 10.4 Å². The van der Waals surface area contributed by atoms with Gasteiger partial charge in [-0.25, -0.2) is 0 Å². The molecule has 1 N–H and O–H groups in total. The second-order valence-corrected chi connectivity index (χ2v) is 6.03. The van der Waals surface area contributed by atoms with Crippen molar-refractivity contribution in [3.05, 3.63) is 72.8 Å². The second-order valence-electron chi connectivity index (χ2n) is 4.41. The van der Waals surface area contributed by atoms with E-state index in [0.29, 0.717) is 5.69 Å². The largest absolute Gasteiger partial charge is 0.381 e. The van der Waals surface area contributed by atoms with Crippen LogP contribution in [0.3, 0.4) is 0 Å². The third-order valence-electron chi connectivity index (χ3n) is 2.70. The highest BCUT2D eigenvalue weighted by Gasteiger charge is 2.17. The van der Waals surface area contributed by atoms with Crippen LogP contribution in [0, 0.1) is 0 Å². The molecule has 114 valence electrons. The van der Waals surface area contributed by atoms with Gasteiger partial charge in [-0.2, -0.15) is 8.42 Å². The average molecular weight is 317 g/mol. The summed E-state index contributed by atoms with van der Waals surface area (Å²) in [5, 5.41) is 2.68. The standard InChI is InChI=1S/C16H15NO4S/c1-2-12-22(19,20)21-15-11-7-6-10-14(15)16(18)17-13-8-4-3-5-9-13/h2-11H,1,12H2,(H,17,18). The molecule has 0 radical (unpaired) electrons. The minimum absolute atomic E-state index is 0.0159. The molecule has 5 nitrogen and oxygen atoms in total. The van der Waals surface area contributed by atoms with Gasteiger partial charge in [-0.1, -0.05) is 36.4 Å². The van der Waals surface area contributed by atoms with Crippen molar-refractivity contribution >= 4 is 21.7 Å². The zero-order valence-corrected chi connectivity index (χ0v) is 12.5. The summed E-state index contributed by atoms with van der Waals surface area (Å²) in [4.78, 5) is 12.3. The zero-order valence-electron chi connectivity index (χ0n) is 11.7. The quantitative estimate of drug-likeness (QED) is 0.657. The summed E-state index contributed by atoms with van der Waals surface area (Å²) >= 11 is 0. The van der Waals surface area contributed by atoms with E-state index in [0.717, 1.165) is 0 Å². The summed E-state index contributed by atoms with van der Waals surface area (Å²) in [6, 6.07) is 15.0. The molecular weight excluding hydrogens is 302 g/mol. The Hall–Kier alpha value is -2.60. The number of anilines is 1. The minimum atomic E-state index is -3.81. The molecule has 0 aliphatic carbocycles. The normalized spacial score (nSPS) is 10.7. The molecular formula is C16H15NO4S. The van der Waals surface area contributed by atoms with Crippen molar-refractivity contribution in [1.82, 2.24) is 0 Å². The van der Waals surface area contributed by atoms with Crippen LogP contribution in [-0.4, -0.2) is 20.1 Å². The number of hydrogen-bond acceptors (Lipinski definition) is 4. The van der Waals surface area contributed by atoms with Gasteiger partial charge < -0.3 is 9.50 Å². The second kappa shape index (κ2) is 6.91. The van der Waals surface area contributed by atoms with Crippen molar-refractivity contribution in [2.24, 2.45) is 0 Å². The van der Waals surface area contributed by atoms with Crippen LogP contribution in [0.4, 0.5) is 5.69 Å². The molecule has 2 rings (SSSR count). The van der Waals surface area contributed by atoms with E-state index in [2.05, 4.69) is 11.9 Å². The molecule has 2 aromatic carbocycles. The predicted octanol–water partition coefficient (Wildman–Crippen LogP) is 2.83. The first-order valence-corrected chi connectivity index (χ1v) is 8.08. The highest BCUT2D eigenvalue weighted by molar-refractivity contribution is 7.87. The summed E-state index contributed by atoms with van der Waals surface area (Å²) in [7, 11) is -3.81. The molecule has 0 aliphatic heterocycles. The van der Waals surface area contributed by atoms with Gasteiger partial charge in [0.25, 0.3) is 5.91 Å². The maximum absolute atomic E-state index is 12.3. The number of amides is 1. The van der Waals surface area contributed by atoms with Crippen molar-refractivity contribution in [2.45, 2.75) is 0 Å². The Bertz CT molecular complexity index is 770. The van der Waals surface area contributed by atoms with Gasteiger partial charge in [0, 0.05) is 5.69 Å². The fourth-order valence-electron chi connectivity index (χ4n) is 1.76. The lowest BCUT2D eigenvalue weighted by Crippen LogP contribution is -2.17. The summed E-state index contributed by atoms with van der Waals surface area (Å²) < 4.78 is 28.4. The van der Waals surface area contributed by atoms with Crippen LogP contribution in [-0.2, 0) is 10.1 Å². The third-order valence-corrected chi connectivity index (χ3v) is 3.78. The molecule has 0 bridgehead atoms. The van der Waals surface area contributed by atoms with Gasteiger partial charge in [0.1, 0.15) is 5.75 Å². The Balaban J connectivity index is 2.24. The number of carbonyl (C=O) groups is 1. The molecule has 0 atom stereocenters. The van der Waals surface area contributed by atoms with Crippen LogP contribution >= 0.6 is 0 Å². The van der Waals surface area contributed by atoms with Crippen molar-refractivity contribution in [1.29, 1.82) is 0 Å². The van der Waals surface area contributed by atoms with E-state index in [1.54, 1.807) is 36.4 Å². The smallest absolute Gasteiger partial charge is 0.312 e. The van der Waals surface area contributed by atoms with Crippen LogP contribution in [0.5, 0.6) is 5.75 Å². The first-order chi connectivity index (χ1) is 10.5. The number of nitrogens with one attached hydrogen (secondary N) is 1. The van der Waals surface area contributed by atoms with Gasteiger partial charge in [0.2, 0.25) is 0 Å². The molecule has 0 saturated carbocycles. The molecule has 0 fully saturated rings. The summed E-state index contributed by atoms with van der Waals surface area (Å²) in [6.07, 6.45) is 1.22. The van der Waals surface area contributed by atoms with Crippen LogP contribution in [0.15, 0.2) is 67.3 Å². The summed E-state index contributed by atoms with van der Waals surface area (Å²) in [5.41, 5.74) is 0.746. The van der Waals surface area contributed by atoms with Gasteiger partial charge in [0.15, 0.2) is 5.75 Å². The van der Waals surface area contributed by atoms with Crippen molar-refractivity contribution in [3.63, 3.8) is 0 Å². The average Bonchev–Trinajstić information content (AvgIpc) is 2.48. The van der Waals surface area contributed by atoms with Crippen molar-refractivity contribution in [3.8, 4) is 5.75 Å². The maximum atomic E-state index is 12.3. The summed E-state index contributed by atoms with van der Waals surface area (Å²) in [6.45, 7) is 3.36. The van der Waals surface area contributed by atoms with Crippen LogP contribution < -0.4 is 9.50 Å². The predicted molar refractivity (Wildman–Crippen MR) is 85.4 cm³/mol. The number of rotatable bonds is 6. The number of para-hydroxylation sites is 2. The van der Waals surface area contributed by atoms with Gasteiger partial charge >= 0.3 is 10.1 Å². The number of benzene rings is 2. The van der Waals surface area contributed by atoms with Crippen molar-refractivity contribution < 1.29 is 17.4 Å². The lowest BCUT2D eigenvalue weighted by molar-refractivity contribution is 0.102. The van der Waals surface area contributed by atoms with Crippen molar-refractivity contribution in [2.75, 3.05) is 11.1 Å². The Morgan fingerprint density at radius 1 is 1.09 bits per heavy atom. The Morgan fingerprint density at radius 2 is 1.73 bits per heavy atom. The van der Waals surface area contributed by atoms with Crippen LogP contribution in [0.25, 0.3) is 0 Å². The molecule has 0 aromatic heterocycles. The number of hydrogen-bond donors (Lipinski definition) is 1. The van der Waals surface area contributed by atoms with E-state index in [9.17, 15) is 13.2 Å². The highest BCUT2D eigenvalue weighted by atomic mass is 32.2. The first-order valence-electron chi connectivity index (χ1n) is 6.50. The van der Waals surface area contributed by atoms with E-state index >= 15 is 0 Å². The molecule has 2 aromatic rings. The molecule has 0 heterocycles. The third kappa shape index (κ3) is 4.20. The summed E-state index contributed by atoms with van der Waals surface area (Å²) in [5.74, 6) is -0.796. The molecule has 0 saturated heterocycles. The molecule has 0 aliphatic rings. The van der Waals surface area contributed by atoms with Gasteiger partial charge in [-0.3, -0.25) is 4.79 Å². The maximum Gasteiger partial charge on any atom is 0.312 e. The lowest BCUT2D eigenvalue weighted by Gasteiger charge is -2.11. The molecule has 0 spiro atoms. The Morgan fingerprint density at radius 3 is 2.41 bits per heavy atom. The monoisotopic (exact) mass is 317 g/mol. The molecule has 6 heteroatoms. The minimum Gasteiger partial charge on any atom is -0.381 e. The highest BCUT2D eigenvalue weighted by Crippen LogP contribution is 2.21. The van der Waals surface area contributed by atoms with E-state index in [1.165, 1.54) is 18.2 Å². The van der Waals surface area contributed by atoms with Gasteiger partial charge in [0.05, 0.1) is 5.56 Å². The van der Waals surface area contributed by atoms with E-state index in [4.69, 9.17) is 4.18 Å². The Kier molecular flexibility index (Phi) is 4.95.